The lowest BCUT2D eigenvalue weighted by molar-refractivity contribution is 0.475. The van der Waals surface area contributed by atoms with Crippen molar-refractivity contribution >= 4 is 17.3 Å². The molecule has 1 heterocycles. The summed E-state index contributed by atoms with van der Waals surface area (Å²) in [6.07, 6.45) is 0.951. The van der Waals surface area contributed by atoms with E-state index >= 15 is 0 Å². The van der Waals surface area contributed by atoms with Crippen LogP contribution < -0.4 is 11.1 Å². The van der Waals surface area contributed by atoms with Crippen molar-refractivity contribution in [1.82, 2.24) is 5.32 Å². The summed E-state index contributed by atoms with van der Waals surface area (Å²) in [6, 6.07) is 11.1. The molecule has 4 N–H and O–H groups in total. The summed E-state index contributed by atoms with van der Waals surface area (Å²) in [7, 11) is 0. The molecule has 0 amide bonds. The SMILES string of the molecule is NC(=NCc1ccc(O)cc1)NCCc1cccs1. The summed E-state index contributed by atoms with van der Waals surface area (Å²) in [6.45, 7) is 1.30. The van der Waals surface area contributed by atoms with Crippen molar-refractivity contribution in [1.29, 1.82) is 0 Å². The monoisotopic (exact) mass is 275 g/mol. The Hall–Kier alpha value is -2.01. The van der Waals surface area contributed by atoms with Crippen LogP contribution in [0.2, 0.25) is 0 Å². The Bertz CT molecular complexity index is 520. The smallest absolute Gasteiger partial charge is 0.188 e. The number of hydrogen-bond acceptors (Lipinski definition) is 3. The Morgan fingerprint density at radius 3 is 2.74 bits per heavy atom. The van der Waals surface area contributed by atoms with E-state index in [1.165, 1.54) is 4.88 Å². The van der Waals surface area contributed by atoms with E-state index in [0.29, 0.717) is 12.5 Å². The molecule has 0 aliphatic heterocycles. The molecule has 1 aromatic carbocycles. The third-order valence-electron chi connectivity index (χ3n) is 2.63. The first-order valence-electron chi connectivity index (χ1n) is 6.08. The van der Waals surface area contributed by atoms with Crippen LogP contribution in [0.4, 0.5) is 0 Å². The molecule has 0 atom stereocenters. The molecule has 100 valence electrons. The molecule has 0 fully saturated rings. The molecule has 5 heteroatoms. The van der Waals surface area contributed by atoms with E-state index < -0.39 is 0 Å². The van der Waals surface area contributed by atoms with Crippen molar-refractivity contribution in [2.24, 2.45) is 10.7 Å². The first-order chi connectivity index (χ1) is 9.24. The van der Waals surface area contributed by atoms with Crippen LogP contribution in [0.15, 0.2) is 46.8 Å². The average Bonchev–Trinajstić information content (AvgIpc) is 2.91. The molecule has 0 aliphatic carbocycles. The van der Waals surface area contributed by atoms with Gasteiger partial charge in [-0.25, -0.2) is 4.99 Å². The van der Waals surface area contributed by atoms with Crippen LogP contribution in [0, 0.1) is 0 Å². The van der Waals surface area contributed by atoms with E-state index in [1.807, 2.05) is 18.2 Å². The number of thiophene rings is 1. The molecule has 0 spiro atoms. The maximum absolute atomic E-state index is 9.17. The number of hydrogen-bond donors (Lipinski definition) is 3. The van der Waals surface area contributed by atoms with Gasteiger partial charge >= 0.3 is 0 Å². The van der Waals surface area contributed by atoms with Gasteiger partial charge in [-0.1, -0.05) is 18.2 Å². The van der Waals surface area contributed by atoms with Gasteiger partial charge in [-0.3, -0.25) is 0 Å². The summed E-state index contributed by atoms with van der Waals surface area (Å²) in [5, 5.41) is 14.3. The maximum atomic E-state index is 9.17. The van der Waals surface area contributed by atoms with E-state index in [1.54, 1.807) is 23.5 Å². The zero-order valence-electron chi connectivity index (χ0n) is 10.5. The van der Waals surface area contributed by atoms with Crippen LogP contribution in [-0.4, -0.2) is 17.6 Å². The molecule has 0 aliphatic rings. The van der Waals surface area contributed by atoms with Crippen molar-refractivity contribution in [3.8, 4) is 5.75 Å². The summed E-state index contributed by atoms with van der Waals surface area (Å²) >= 11 is 1.74. The van der Waals surface area contributed by atoms with E-state index in [-0.39, 0.29) is 5.75 Å². The molecule has 0 saturated carbocycles. The van der Waals surface area contributed by atoms with Gasteiger partial charge in [0.15, 0.2) is 5.96 Å². The molecule has 0 saturated heterocycles. The van der Waals surface area contributed by atoms with E-state index in [9.17, 15) is 0 Å². The highest BCUT2D eigenvalue weighted by Crippen LogP contribution is 2.10. The van der Waals surface area contributed by atoms with Gasteiger partial charge in [0, 0.05) is 11.4 Å². The molecular formula is C14H17N3OS. The number of nitrogens with two attached hydrogens (primary N) is 1. The van der Waals surface area contributed by atoms with E-state index in [4.69, 9.17) is 10.8 Å². The summed E-state index contributed by atoms with van der Waals surface area (Å²) in [5.41, 5.74) is 6.80. The van der Waals surface area contributed by atoms with Gasteiger partial charge in [0.05, 0.1) is 6.54 Å². The van der Waals surface area contributed by atoms with Gasteiger partial charge in [-0.05, 0) is 35.6 Å². The fourth-order valence-electron chi connectivity index (χ4n) is 1.60. The molecule has 0 unspecified atom stereocenters. The zero-order chi connectivity index (χ0) is 13.5. The fraction of sp³-hybridized carbons (Fsp3) is 0.214. The Balaban J connectivity index is 1.74. The highest BCUT2D eigenvalue weighted by molar-refractivity contribution is 7.09. The minimum Gasteiger partial charge on any atom is -0.508 e. The second kappa shape index (κ2) is 6.80. The third-order valence-corrected chi connectivity index (χ3v) is 3.56. The number of nitrogens with one attached hydrogen (secondary N) is 1. The highest BCUT2D eigenvalue weighted by atomic mass is 32.1. The minimum absolute atomic E-state index is 0.259. The predicted octanol–water partition coefficient (Wildman–Crippen LogP) is 2.10. The second-order valence-electron chi connectivity index (χ2n) is 4.12. The van der Waals surface area contributed by atoms with Gasteiger partial charge < -0.3 is 16.2 Å². The normalized spacial score (nSPS) is 11.5. The molecule has 0 bridgehead atoms. The van der Waals surface area contributed by atoms with Crippen LogP contribution in [-0.2, 0) is 13.0 Å². The van der Waals surface area contributed by atoms with Crippen LogP contribution in [0.1, 0.15) is 10.4 Å². The topological polar surface area (TPSA) is 70.6 Å². The number of aliphatic imine (C=N–C) groups is 1. The average molecular weight is 275 g/mol. The molecule has 2 aromatic rings. The number of nitrogens with zero attached hydrogens (tertiary/aromatic N) is 1. The quantitative estimate of drug-likeness (QED) is 0.578. The molecule has 4 nitrogen and oxygen atoms in total. The number of guanidine groups is 1. The summed E-state index contributed by atoms with van der Waals surface area (Å²) < 4.78 is 0. The Morgan fingerprint density at radius 1 is 1.26 bits per heavy atom. The fourth-order valence-corrected chi connectivity index (χ4v) is 2.31. The highest BCUT2D eigenvalue weighted by Gasteiger charge is 1.96. The molecule has 0 radical (unpaired) electrons. The maximum Gasteiger partial charge on any atom is 0.188 e. The van der Waals surface area contributed by atoms with Crippen LogP contribution in [0.5, 0.6) is 5.75 Å². The Morgan fingerprint density at radius 2 is 2.05 bits per heavy atom. The molecule has 19 heavy (non-hydrogen) atoms. The van der Waals surface area contributed by atoms with Crippen molar-refractivity contribution < 1.29 is 5.11 Å². The van der Waals surface area contributed by atoms with Crippen LogP contribution >= 0.6 is 11.3 Å². The first kappa shape index (κ1) is 13.4. The minimum atomic E-state index is 0.259. The molecular weight excluding hydrogens is 258 g/mol. The van der Waals surface area contributed by atoms with Crippen molar-refractivity contribution in [3.05, 3.63) is 52.2 Å². The van der Waals surface area contributed by atoms with Gasteiger partial charge in [-0.15, -0.1) is 11.3 Å². The standard InChI is InChI=1S/C14H17N3OS/c15-14(16-8-7-13-2-1-9-19-13)17-10-11-3-5-12(18)6-4-11/h1-6,9,18H,7-8,10H2,(H3,15,16,17). The number of rotatable bonds is 5. The Labute approximate surface area is 116 Å². The summed E-state index contributed by atoms with van der Waals surface area (Å²) in [4.78, 5) is 5.58. The van der Waals surface area contributed by atoms with Gasteiger partial charge in [0.25, 0.3) is 0 Å². The lowest BCUT2D eigenvalue weighted by Gasteiger charge is -2.04. The number of benzene rings is 1. The third kappa shape index (κ3) is 4.63. The van der Waals surface area contributed by atoms with Gasteiger partial charge in [0.2, 0.25) is 0 Å². The van der Waals surface area contributed by atoms with Crippen LogP contribution in [0.3, 0.4) is 0 Å². The van der Waals surface area contributed by atoms with Crippen LogP contribution in [0.25, 0.3) is 0 Å². The van der Waals surface area contributed by atoms with Crippen molar-refractivity contribution in [2.75, 3.05) is 6.54 Å². The summed E-state index contributed by atoms with van der Waals surface area (Å²) in [5.74, 6) is 0.708. The predicted molar refractivity (Wildman–Crippen MR) is 79.5 cm³/mol. The van der Waals surface area contributed by atoms with Crippen molar-refractivity contribution in [2.45, 2.75) is 13.0 Å². The molecule has 2 rings (SSSR count). The number of aromatic hydroxyl groups is 1. The van der Waals surface area contributed by atoms with Gasteiger partial charge in [0.1, 0.15) is 5.75 Å². The Kier molecular flexibility index (Phi) is 4.80. The molecule has 1 aromatic heterocycles. The lowest BCUT2D eigenvalue weighted by atomic mass is 10.2. The van der Waals surface area contributed by atoms with Gasteiger partial charge in [-0.2, -0.15) is 0 Å². The largest absolute Gasteiger partial charge is 0.508 e. The number of phenolic OH excluding ortho intramolecular Hbond substituents is 1. The first-order valence-corrected chi connectivity index (χ1v) is 6.96. The lowest BCUT2D eigenvalue weighted by Crippen LogP contribution is -2.33. The van der Waals surface area contributed by atoms with E-state index in [0.717, 1.165) is 18.5 Å². The zero-order valence-corrected chi connectivity index (χ0v) is 11.4. The second-order valence-corrected chi connectivity index (χ2v) is 5.16. The van der Waals surface area contributed by atoms with Crippen molar-refractivity contribution in [3.63, 3.8) is 0 Å². The van der Waals surface area contributed by atoms with E-state index in [2.05, 4.69) is 21.8 Å². The number of phenols is 1.